The molecule has 0 aromatic carbocycles. The summed E-state index contributed by atoms with van der Waals surface area (Å²) in [7, 11) is 0. The van der Waals surface area contributed by atoms with E-state index in [0.717, 1.165) is 0 Å². The van der Waals surface area contributed by atoms with Crippen LogP contribution in [0.4, 0.5) is 5.88 Å². The van der Waals surface area contributed by atoms with Crippen molar-refractivity contribution in [1.29, 1.82) is 0 Å². The van der Waals surface area contributed by atoms with Crippen molar-refractivity contribution in [3.8, 4) is 0 Å². The number of nitrogens with one attached hydrogen (secondary N) is 1. The first-order chi connectivity index (χ1) is 6.79. The third-order valence-electron chi connectivity index (χ3n) is 1.58. The molecule has 0 unspecified atom stereocenters. The molecule has 0 spiro atoms. The molecule has 1 aromatic heterocycles. The predicted octanol–water partition coefficient (Wildman–Crippen LogP) is 1.92. The van der Waals surface area contributed by atoms with Crippen LogP contribution in [-0.4, -0.2) is 28.3 Å². The summed E-state index contributed by atoms with van der Waals surface area (Å²) >= 11 is 3.15. The van der Waals surface area contributed by atoms with Crippen molar-refractivity contribution in [2.45, 2.75) is 19.4 Å². The lowest BCUT2D eigenvalue weighted by atomic mass is 10.1. The molecule has 15 heavy (non-hydrogen) atoms. The van der Waals surface area contributed by atoms with Crippen LogP contribution in [0.2, 0.25) is 0 Å². The van der Waals surface area contributed by atoms with Crippen LogP contribution < -0.4 is 5.32 Å². The highest BCUT2D eigenvalue weighted by Crippen LogP contribution is 2.27. The average molecular weight is 278 g/mol. The SMILES string of the molecule is CC(C)(O)CNc1oc(C(=O)O)cc1Br. The molecule has 0 saturated heterocycles. The first-order valence-corrected chi connectivity index (χ1v) is 5.08. The molecule has 5 nitrogen and oxygen atoms in total. The van der Waals surface area contributed by atoms with Crippen molar-refractivity contribution in [3.05, 3.63) is 16.3 Å². The quantitative estimate of drug-likeness (QED) is 0.783. The van der Waals surface area contributed by atoms with Crippen LogP contribution in [0.5, 0.6) is 0 Å². The Morgan fingerprint density at radius 2 is 2.27 bits per heavy atom. The van der Waals surface area contributed by atoms with Crippen LogP contribution in [0.3, 0.4) is 0 Å². The molecular formula is C9H12BrNO4. The smallest absolute Gasteiger partial charge is 0.371 e. The van der Waals surface area contributed by atoms with Gasteiger partial charge in [0.1, 0.15) is 0 Å². The normalized spacial score (nSPS) is 11.5. The number of aromatic carboxylic acids is 1. The fourth-order valence-corrected chi connectivity index (χ4v) is 1.32. The molecule has 0 aliphatic heterocycles. The van der Waals surface area contributed by atoms with E-state index in [0.29, 0.717) is 10.4 Å². The van der Waals surface area contributed by atoms with Crippen molar-refractivity contribution >= 4 is 27.8 Å². The van der Waals surface area contributed by atoms with Crippen molar-refractivity contribution < 1.29 is 19.4 Å². The van der Waals surface area contributed by atoms with Crippen LogP contribution in [0.15, 0.2) is 15.0 Å². The zero-order valence-corrected chi connectivity index (χ0v) is 9.96. The Hall–Kier alpha value is -1.01. The van der Waals surface area contributed by atoms with E-state index in [1.54, 1.807) is 13.8 Å². The second-order valence-corrected chi connectivity index (χ2v) is 4.61. The maximum Gasteiger partial charge on any atom is 0.371 e. The summed E-state index contributed by atoms with van der Waals surface area (Å²) in [4.78, 5) is 10.6. The monoisotopic (exact) mass is 277 g/mol. The summed E-state index contributed by atoms with van der Waals surface area (Å²) in [6.45, 7) is 3.53. The number of furan rings is 1. The molecule has 0 aliphatic carbocycles. The van der Waals surface area contributed by atoms with E-state index in [9.17, 15) is 9.90 Å². The lowest BCUT2D eigenvalue weighted by molar-refractivity contribution is 0.0663. The zero-order valence-electron chi connectivity index (χ0n) is 8.37. The van der Waals surface area contributed by atoms with Crippen LogP contribution in [0.25, 0.3) is 0 Å². The van der Waals surface area contributed by atoms with Crippen molar-refractivity contribution in [2.24, 2.45) is 0 Å². The molecule has 0 fully saturated rings. The predicted molar refractivity (Wildman–Crippen MR) is 58.2 cm³/mol. The van der Waals surface area contributed by atoms with Gasteiger partial charge >= 0.3 is 5.97 Å². The van der Waals surface area contributed by atoms with E-state index in [1.165, 1.54) is 6.07 Å². The first kappa shape index (κ1) is 12.1. The maximum atomic E-state index is 10.6. The molecule has 0 aliphatic rings. The fraction of sp³-hybridized carbons (Fsp3) is 0.444. The molecule has 0 atom stereocenters. The minimum Gasteiger partial charge on any atom is -0.475 e. The molecule has 0 saturated carbocycles. The summed E-state index contributed by atoms with van der Waals surface area (Å²) in [5, 5.41) is 20.9. The van der Waals surface area contributed by atoms with Gasteiger partial charge in [-0.05, 0) is 29.8 Å². The molecular weight excluding hydrogens is 266 g/mol. The Morgan fingerprint density at radius 3 is 2.67 bits per heavy atom. The average Bonchev–Trinajstić information content (AvgIpc) is 2.42. The van der Waals surface area contributed by atoms with Crippen LogP contribution in [0.1, 0.15) is 24.4 Å². The first-order valence-electron chi connectivity index (χ1n) is 4.28. The van der Waals surface area contributed by atoms with Gasteiger partial charge in [0.25, 0.3) is 0 Å². The number of rotatable bonds is 4. The highest BCUT2D eigenvalue weighted by molar-refractivity contribution is 9.10. The number of hydrogen-bond acceptors (Lipinski definition) is 4. The minimum atomic E-state index is -1.13. The summed E-state index contributed by atoms with van der Waals surface area (Å²) in [5.41, 5.74) is -0.893. The third kappa shape index (κ3) is 3.56. The number of carboxylic acid groups (broad SMARTS) is 1. The Balaban J connectivity index is 2.74. The molecule has 6 heteroatoms. The lowest BCUT2D eigenvalue weighted by Gasteiger charge is -2.17. The topological polar surface area (TPSA) is 82.7 Å². The minimum absolute atomic E-state index is 0.153. The standard InChI is InChI=1S/C9H12BrNO4/c1-9(2,14)4-11-7-5(10)3-6(15-7)8(12)13/h3,11,14H,4H2,1-2H3,(H,12,13). The molecule has 0 radical (unpaired) electrons. The van der Waals surface area contributed by atoms with Gasteiger partial charge in [0.05, 0.1) is 10.1 Å². The van der Waals surface area contributed by atoms with E-state index >= 15 is 0 Å². The molecule has 1 aromatic rings. The fourth-order valence-electron chi connectivity index (χ4n) is 0.891. The number of aliphatic hydroxyl groups is 1. The lowest BCUT2D eigenvalue weighted by Crippen LogP contribution is -2.29. The Kier molecular flexibility index (Phi) is 3.41. The second kappa shape index (κ2) is 4.24. The van der Waals surface area contributed by atoms with Gasteiger partial charge in [0.15, 0.2) is 0 Å². The highest BCUT2D eigenvalue weighted by atomic mass is 79.9. The van der Waals surface area contributed by atoms with Gasteiger partial charge in [-0.3, -0.25) is 0 Å². The Bertz CT molecular complexity index is 367. The van der Waals surface area contributed by atoms with Gasteiger partial charge in [-0.2, -0.15) is 0 Å². The number of halogens is 1. The van der Waals surface area contributed by atoms with Gasteiger partial charge in [-0.15, -0.1) is 0 Å². The van der Waals surface area contributed by atoms with Crippen LogP contribution in [0, 0.1) is 0 Å². The molecule has 0 bridgehead atoms. The van der Waals surface area contributed by atoms with Crippen LogP contribution in [-0.2, 0) is 0 Å². The number of hydrogen-bond donors (Lipinski definition) is 3. The van der Waals surface area contributed by atoms with E-state index in [1.807, 2.05) is 0 Å². The molecule has 1 rings (SSSR count). The van der Waals surface area contributed by atoms with Gasteiger partial charge in [-0.1, -0.05) is 0 Å². The zero-order chi connectivity index (χ0) is 11.6. The van der Waals surface area contributed by atoms with E-state index in [2.05, 4.69) is 21.2 Å². The van der Waals surface area contributed by atoms with E-state index < -0.39 is 11.6 Å². The summed E-state index contributed by atoms with van der Waals surface area (Å²) in [6.07, 6.45) is 0. The van der Waals surface area contributed by atoms with Crippen molar-refractivity contribution in [1.82, 2.24) is 0 Å². The van der Waals surface area contributed by atoms with E-state index in [4.69, 9.17) is 9.52 Å². The van der Waals surface area contributed by atoms with Gasteiger partial charge in [0, 0.05) is 12.6 Å². The summed E-state index contributed by atoms with van der Waals surface area (Å²) in [5.74, 6) is -0.985. The molecule has 3 N–H and O–H groups in total. The van der Waals surface area contributed by atoms with Crippen LogP contribution >= 0.6 is 15.9 Å². The van der Waals surface area contributed by atoms with Crippen molar-refractivity contribution in [3.63, 3.8) is 0 Å². The van der Waals surface area contributed by atoms with E-state index in [-0.39, 0.29) is 12.3 Å². The summed E-state index contributed by atoms with van der Waals surface area (Å²) in [6, 6.07) is 1.36. The Morgan fingerprint density at radius 1 is 1.67 bits per heavy atom. The molecule has 0 amide bonds. The van der Waals surface area contributed by atoms with Crippen molar-refractivity contribution in [2.75, 3.05) is 11.9 Å². The molecule has 1 heterocycles. The highest BCUT2D eigenvalue weighted by Gasteiger charge is 2.17. The van der Waals surface area contributed by atoms with Gasteiger partial charge in [-0.25, -0.2) is 4.79 Å². The maximum absolute atomic E-state index is 10.6. The third-order valence-corrected chi connectivity index (χ3v) is 2.17. The Labute approximate surface area is 95.2 Å². The number of carboxylic acids is 1. The summed E-state index contributed by atoms with van der Waals surface area (Å²) < 4.78 is 5.52. The molecule has 84 valence electrons. The van der Waals surface area contributed by atoms with Gasteiger partial charge in [0.2, 0.25) is 11.6 Å². The second-order valence-electron chi connectivity index (χ2n) is 3.76. The number of anilines is 1. The number of carbonyl (C=O) groups is 1. The largest absolute Gasteiger partial charge is 0.475 e. The van der Waals surface area contributed by atoms with Gasteiger partial charge < -0.3 is 19.9 Å².